The largest absolute Gasteiger partial charge is 0.216 e. The van der Waals surface area contributed by atoms with Crippen molar-refractivity contribution < 1.29 is 4.98 Å². The number of nitrogens with one attached hydrogen (secondary N) is 1. The molecular weight excluding hydrogens is 183 g/mol. The molecule has 0 atom stereocenters. The SMILES string of the molecule is Cl.N#Cc1c[nH+]cc(CCl)c1. The van der Waals surface area contributed by atoms with E-state index in [4.69, 9.17) is 16.9 Å². The molecule has 58 valence electrons. The van der Waals surface area contributed by atoms with Crippen molar-refractivity contribution in [3.8, 4) is 6.07 Å². The van der Waals surface area contributed by atoms with Gasteiger partial charge >= 0.3 is 0 Å². The number of nitriles is 1. The number of pyridine rings is 1. The average molecular weight is 190 g/mol. The smallest absolute Gasteiger partial charge is 0.184 e. The van der Waals surface area contributed by atoms with Crippen molar-refractivity contribution in [2.75, 3.05) is 0 Å². The Kier molecular flexibility index (Phi) is 4.60. The Morgan fingerprint density at radius 3 is 2.82 bits per heavy atom. The molecule has 0 aliphatic carbocycles. The normalized spacial score (nSPS) is 8.00. The zero-order valence-electron chi connectivity index (χ0n) is 5.67. The Bertz CT molecular complexity index is 267. The highest BCUT2D eigenvalue weighted by Crippen LogP contribution is 2.01. The minimum atomic E-state index is 0. The zero-order valence-corrected chi connectivity index (χ0v) is 7.25. The lowest BCUT2D eigenvalue weighted by molar-refractivity contribution is -0.378. The second-order valence-corrected chi connectivity index (χ2v) is 2.14. The molecule has 0 fully saturated rings. The number of hydrogen-bond donors (Lipinski definition) is 0. The number of nitrogens with zero attached hydrogens (tertiary/aromatic N) is 1. The third-order valence-corrected chi connectivity index (χ3v) is 1.44. The van der Waals surface area contributed by atoms with Crippen LogP contribution in [0.1, 0.15) is 11.1 Å². The van der Waals surface area contributed by atoms with E-state index in [1.54, 1.807) is 18.5 Å². The first-order valence-electron chi connectivity index (χ1n) is 2.83. The summed E-state index contributed by atoms with van der Waals surface area (Å²) in [5.74, 6) is 0.437. The van der Waals surface area contributed by atoms with Gasteiger partial charge in [0.15, 0.2) is 12.4 Å². The Morgan fingerprint density at radius 1 is 1.55 bits per heavy atom. The van der Waals surface area contributed by atoms with E-state index in [-0.39, 0.29) is 12.4 Å². The van der Waals surface area contributed by atoms with Crippen molar-refractivity contribution in [2.45, 2.75) is 5.88 Å². The van der Waals surface area contributed by atoms with Gasteiger partial charge in [-0.2, -0.15) is 5.26 Å². The monoisotopic (exact) mass is 189 g/mol. The number of aromatic nitrogens is 1. The molecule has 2 nitrogen and oxygen atoms in total. The topological polar surface area (TPSA) is 37.9 Å². The number of hydrogen-bond acceptors (Lipinski definition) is 1. The highest BCUT2D eigenvalue weighted by atomic mass is 35.5. The molecule has 1 aromatic heterocycles. The Hall–Kier alpha value is -0.780. The van der Waals surface area contributed by atoms with E-state index in [1.165, 1.54) is 0 Å². The number of alkyl halides is 1. The molecule has 0 bridgehead atoms. The van der Waals surface area contributed by atoms with Crippen LogP contribution in [0.2, 0.25) is 0 Å². The second-order valence-electron chi connectivity index (χ2n) is 1.88. The van der Waals surface area contributed by atoms with Gasteiger partial charge in [-0.1, -0.05) is 0 Å². The average Bonchev–Trinajstić information content (AvgIpc) is 2.05. The summed E-state index contributed by atoms with van der Waals surface area (Å²) in [6.45, 7) is 0. The van der Waals surface area contributed by atoms with E-state index in [2.05, 4.69) is 4.98 Å². The lowest BCUT2D eigenvalue weighted by Gasteiger charge is -1.86. The summed E-state index contributed by atoms with van der Waals surface area (Å²) in [6.07, 6.45) is 3.41. The van der Waals surface area contributed by atoms with Gasteiger partial charge in [0.1, 0.15) is 11.6 Å². The van der Waals surface area contributed by atoms with Gasteiger partial charge in [0.25, 0.3) is 0 Å². The fraction of sp³-hybridized carbons (Fsp3) is 0.143. The maximum absolute atomic E-state index is 8.44. The van der Waals surface area contributed by atoms with Crippen LogP contribution in [-0.4, -0.2) is 0 Å². The molecule has 1 N–H and O–H groups in total. The Labute approximate surface area is 76.2 Å². The minimum Gasteiger partial charge on any atom is -0.216 e. The summed E-state index contributed by atoms with van der Waals surface area (Å²) in [6, 6.07) is 3.77. The minimum absolute atomic E-state index is 0. The third kappa shape index (κ3) is 2.75. The van der Waals surface area contributed by atoms with Crippen LogP contribution >= 0.6 is 24.0 Å². The van der Waals surface area contributed by atoms with E-state index in [0.29, 0.717) is 11.4 Å². The first kappa shape index (κ1) is 10.2. The lowest BCUT2D eigenvalue weighted by Crippen LogP contribution is -2.02. The van der Waals surface area contributed by atoms with Crippen LogP contribution in [0.4, 0.5) is 0 Å². The van der Waals surface area contributed by atoms with E-state index in [0.717, 1.165) is 5.56 Å². The molecule has 1 rings (SSSR count). The Balaban J connectivity index is 0.000001000. The van der Waals surface area contributed by atoms with E-state index < -0.39 is 0 Å². The molecule has 0 aromatic carbocycles. The molecule has 4 heteroatoms. The van der Waals surface area contributed by atoms with Crippen LogP contribution in [-0.2, 0) is 5.88 Å². The van der Waals surface area contributed by atoms with Crippen LogP contribution in [0.15, 0.2) is 18.5 Å². The van der Waals surface area contributed by atoms with Crippen molar-refractivity contribution in [1.82, 2.24) is 0 Å². The fourth-order valence-corrected chi connectivity index (χ4v) is 0.818. The van der Waals surface area contributed by atoms with Gasteiger partial charge in [0.2, 0.25) is 0 Å². The van der Waals surface area contributed by atoms with Crippen molar-refractivity contribution in [3.05, 3.63) is 29.6 Å². The highest BCUT2D eigenvalue weighted by molar-refractivity contribution is 6.17. The van der Waals surface area contributed by atoms with Gasteiger partial charge in [-0.25, -0.2) is 4.98 Å². The molecule has 1 heterocycles. The second kappa shape index (κ2) is 4.95. The fourth-order valence-electron chi connectivity index (χ4n) is 0.663. The summed E-state index contributed by atoms with van der Waals surface area (Å²) < 4.78 is 0. The van der Waals surface area contributed by atoms with Crippen LogP contribution in [0.3, 0.4) is 0 Å². The van der Waals surface area contributed by atoms with Crippen molar-refractivity contribution in [2.24, 2.45) is 0 Å². The van der Waals surface area contributed by atoms with Crippen molar-refractivity contribution in [1.29, 1.82) is 5.26 Å². The molecule has 0 aliphatic rings. The van der Waals surface area contributed by atoms with Gasteiger partial charge in [-0.05, 0) is 6.07 Å². The van der Waals surface area contributed by atoms with Gasteiger partial charge in [0, 0.05) is 5.56 Å². The number of rotatable bonds is 1. The number of H-pyrrole nitrogens is 1. The predicted octanol–water partition coefficient (Wildman–Crippen LogP) is 1.53. The lowest BCUT2D eigenvalue weighted by atomic mass is 10.2. The first-order chi connectivity index (χ1) is 4.86. The summed E-state index contributed by atoms with van der Waals surface area (Å²) in [5.41, 5.74) is 1.54. The van der Waals surface area contributed by atoms with E-state index >= 15 is 0 Å². The molecule has 0 saturated carbocycles. The van der Waals surface area contributed by atoms with Gasteiger partial charge in [-0.3, -0.25) is 0 Å². The zero-order chi connectivity index (χ0) is 7.40. The summed E-state index contributed by atoms with van der Waals surface area (Å²) in [7, 11) is 0. The van der Waals surface area contributed by atoms with Crippen molar-refractivity contribution >= 4 is 24.0 Å². The Morgan fingerprint density at radius 2 is 2.27 bits per heavy atom. The van der Waals surface area contributed by atoms with Crippen LogP contribution in [0.5, 0.6) is 0 Å². The van der Waals surface area contributed by atoms with E-state index in [9.17, 15) is 0 Å². The maximum Gasteiger partial charge on any atom is 0.184 e. The van der Waals surface area contributed by atoms with E-state index in [1.807, 2.05) is 6.07 Å². The molecule has 0 radical (unpaired) electrons. The third-order valence-electron chi connectivity index (χ3n) is 1.13. The molecule has 0 unspecified atom stereocenters. The molecule has 0 aliphatic heterocycles. The van der Waals surface area contributed by atoms with Crippen LogP contribution < -0.4 is 4.98 Å². The van der Waals surface area contributed by atoms with Gasteiger partial charge < -0.3 is 0 Å². The maximum atomic E-state index is 8.44. The summed E-state index contributed by atoms with van der Waals surface area (Å²) in [5, 5.41) is 8.44. The molecular formula is C7H7Cl2N2+. The molecule has 0 saturated heterocycles. The van der Waals surface area contributed by atoms with Crippen LogP contribution in [0, 0.1) is 11.3 Å². The standard InChI is InChI=1S/C7H5ClN2.ClH/c8-2-6-1-7(3-9)5-10-4-6;/h1,4-5H,2H2;1H/p+1. The van der Waals surface area contributed by atoms with Crippen molar-refractivity contribution in [3.63, 3.8) is 0 Å². The molecule has 0 spiro atoms. The predicted molar refractivity (Wildman–Crippen MR) is 44.5 cm³/mol. The van der Waals surface area contributed by atoms with Gasteiger partial charge in [-0.15, -0.1) is 24.0 Å². The first-order valence-corrected chi connectivity index (χ1v) is 3.36. The molecule has 11 heavy (non-hydrogen) atoms. The molecule has 1 aromatic rings. The summed E-state index contributed by atoms with van der Waals surface area (Å²) in [4.78, 5) is 2.82. The number of aromatic amines is 1. The number of halogens is 2. The molecule has 0 amide bonds. The van der Waals surface area contributed by atoms with Crippen LogP contribution in [0.25, 0.3) is 0 Å². The summed E-state index contributed by atoms with van der Waals surface area (Å²) >= 11 is 5.53. The highest BCUT2D eigenvalue weighted by Gasteiger charge is 1.97. The quantitative estimate of drug-likeness (QED) is 0.618. The van der Waals surface area contributed by atoms with Gasteiger partial charge in [0.05, 0.1) is 5.88 Å².